The molecule has 1 aromatic heterocycles. The molecular weight excluding hydrogens is 392 g/mol. The maximum absolute atomic E-state index is 12.7. The lowest BCUT2D eigenvalue weighted by Gasteiger charge is -2.27. The highest BCUT2D eigenvalue weighted by molar-refractivity contribution is 5.78. The van der Waals surface area contributed by atoms with Crippen LogP contribution in [0, 0.1) is 0 Å². The standard InChI is InChI=1S/C24H28N4O3/c1-18(19-8-10-21(30-2)11-9-19)25-23(29)17-28-16-22(20-6-4-3-5-7-20)24(26-28)27-12-14-31-15-13-27/h3-11,16,18H,12-15,17H2,1-2H3,(H,25,29). The number of aromatic nitrogens is 2. The van der Waals surface area contributed by atoms with E-state index in [0.29, 0.717) is 13.2 Å². The zero-order chi connectivity index (χ0) is 21.6. The van der Waals surface area contributed by atoms with Crippen molar-refractivity contribution in [1.29, 1.82) is 0 Å². The predicted octanol–water partition coefficient (Wildman–Crippen LogP) is 3.27. The smallest absolute Gasteiger partial charge is 0.242 e. The van der Waals surface area contributed by atoms with Crippen molar-refractivity contribution in [3.8, 4) is 16.9 Å². The summed E-state index contributed by atoms with van der Waals surface area (Å²) >= 11 is 0. The van der Waals surface area contributed by atoms with Crippen LogP contribution in [0.2, 0.25) is 0 Å². The third kappa shape index (κ3) is 5.06. The molecule has 0 bridgehead atoms. The minimum Gasteiger partial charge on any atom is -0.497 e. The highest BCUT2D eigenvalue weighted by Crippen LogP contribution is 2.30. The lowest BCUT2D eigenvalue weighted by atomic mass is 10.1. The number of ether oxygens (including phenoxy) is 2. The number of methoxy groups -OCH3 is 1. The molecule has 7 heteroatoms. The molecule has 3 aromatic rings. The van der Waals surface area contributed by atoms with Crippen LogP contribution in [0.5, 0.6) is 5.75 Å². The highest BCUT2D eigenvalue weighted by atomic mass is 16.5. The number of anilines is 1. The van der Waals surface area contributed by atoms with Gasteiger partial charge in [0.05, 0.1) is 26.4 Å². The number of carbonyl (C=O) groups is 1. The van der Waals surface area contributed by atoms with E-state index in [1.165, 1.54) is 0 Å². The zero-order valence-corrected chi connectivity index (χ0v) is 18.0. The number of hydrogen-bond donors (Lipinski definition) is 1. The topological polar surface area (TPSA) is 68.6 Å². The lowest BCUT2D eigenvalue weighted by Crippen LogP contribution is -2.37. The van der Waals surface area contributed by atoms with Gasteiger partial charge in [-0.05, 0) is 30.2 Å². The van der Waals surface area contributed by atoms with Crippen LogP contribution in [0.3, 0.4) is 0 Å². The Bertz CT molecular complexity index is 995. The van der Waals surface area contributed by atoms with Crippen molar-refractivity contribution >= 4 is 11.7 Å². The number of nitrogens with zero attached hydrogens (tertiary/aromatic N) is 3. The molecule has 1 aliphatic heterocycles. The Morgan fingerprint density at radius 3 is 2.52 bits per heavy atom. The zero-order valence-electron chi connectivity index (χ0n) is 18.0. The molecule has 0 radical (unpaired) electrons. The molecule has 0 aliphatic carbocycles. The molecule has 1 N–H and O–H groups in total. The van der Waals surface area contributed by atoms with E-state index in [4.69, 9.17) is 14.6 Å². The van der Waals surface area contributed by atoms with Crippen molar-refractivity contribution in [1.82, 2.24) is 15.1 Å². The van der Waals surface area contributed by atoms with Gasteiger partial charge in [0.1, 0.15) is 12.3 Å². The molecule has 0 saturated carbocycles. The Kier molecular flexibility index (Phi) is 6.52. The summed E-state index contributed by atoms with van der Waals surface area (Å²) in [7, 11) is 1.64. The number of amides is 1. The van der Waals surface area contributed by atoms with Gasteiger partial charge in [-0.2, -0.15) is 5.10 Å². The summed E-state index contributed by atoms with van der Waals surface area (Å²) < 4.78 is 12.4. The molecule has 7 nitrogen and oxygen atoms in total. The first-order chi connectivity index (χ1) is 15.1. The van der Waals surface area contributed by atoms with E-state index in [2.05, 4.69) is 22.3 Å². The largest absolute Gasteiger partial charge is 0.497 e. The Balaban J connectivity index is 1.49. The number of carbonyl (C=O) groups excluding carboxylic acids is 1. The van der Waals surface area contributed by atoms with Crippen molar-refractivity contribution in [3.05, 3.63) is 66.4 Å². The molecular formula is C24H28N4O3. The third-order valence-electron chi connectivity index (χ3n) is 5.44. The molecule has 162 valence electrons. The van der Waals surface area contributed by atoms with E-state index in [9.17, 15) is 4.79 Å². The van der Waals surface area contributed by atoms with E-state index in [1.54, 1.807) is 11.8 Å². The quantitative estimate of drug-likeness (QED) is 0.635. The van der Waals surface area contributed by atoms with E-state index < -0.39 is 0 Å². The Labute approximate surface area is 182 Å². The number of benzene rings is 2. The fraction of sp³-hybridized carbons (Fsp3) is 0.333. The van der Waals surface area contributed by atoms with E-state index in [1.807, 2.05) is 55.6 Å². The van der Waals surface area contributed by atoms with E-state index in [0.717, 1.165) is 41.3 Å². The van der Waals surface area contributed by atoms with Gasteiger partial charge in [-0.3, -0.25) is 9.48 Å². The van der Waals surface area contributed by atoms with Crippen molar-refractivity contribution in [3.63, 3.8) is 0 Å². The van der Waals surface area contributed by atoms with Crippen molar-refractivity contribution in [2.24, 2.45) is 0 Å². The maximum atomic E-state index is 12.7. The fourth-order valence-corrected chi connectivity index (χ4v) is 3.73. The van der Waals surface area contributed by atoms with Gasteiger partial charge in [-0.25, -0.2) is 0 Å². The number of rotatable bonds is 7. The molecule has 1 atom stereocenters. The number of hydrogen-bond acceptors (Lipinski definition) is 5. The summed E-state index contributed by atoms with van der Waals surface area (Å²) in [6.45, 7) is 5.07. The third-order valence-corrected chi connectivity index (χ3v) is 5.44. The summed E-state index contributed by atoms with van der Waals surface area (Å²) in [5.74, 6) is 1.60. The predicted molar refractivity (Wildman–Crippen MR) is 120 cm³/mol. The Morgan fingerprint density at radius 1 is 1.13 bits per heavy atom. The van der Waals surface area contributed by atoms with Crippen LogP contribution < -0.4 is 15.0 Å². The molecule has 2 heterocycles. The molecule has 4 rings (SSSR count). The SMILES string of the molecule is COc1ccc(C(C)NC(=O)Cn2cc(-c3ccccc3)c(N3CCOCC3)n2)cc1. The average Bonchev–Trinajstić information content (AvgIpc) is 3.24. The van der Waals surface area contributed by atoms with Gasteiger partial charge in [0.15, 0.2) is 5.82 Å². The summed E-state index contributed by atoms with van der Waals surface area (Å²) in [6, 6.07) is 17.8. The minimum absolute atomic E-state index is 0.0843. The second-order valence-corrected chi connectivity index (χ2v) is 7.59. The summed E-state index contributed by atoms with van der Waals surface area (Å²) in [5, 5.41) is 7.82. The molecule has 1 aliphatic rings. The van der Waals surface area contributed by atoms with E-state index in [-0.39, 0.29) is 18.5 Å². The van der Waals surface area contributed by atoms with Gasteiger partial charge < -0.3 is 19.7 Å². The summed E-state index contributed by atoms with van der Waals surface area (Å²) in [4.78, 5) is 14.9. The first-order valence-corrected chi connectivity index (χ1v) is 10.5. The minimum atomic E-state index is -0.110. The van der Waals surface area contributed by atoms with E-state index >= 15 is 0 Å². The van der Waals surface area contributed by atoms with Crippen LogP contribution in [0.1, 0.15) is 18.5 Å². The van der Waals surface area contributed by atoms with Crippen molar-refractivity contribution in [2.75, 3.05) is 38.3 Å². The maximum Gasteiger partial charge on any atom is 0.242 e. The van der Waals surface area contributed by atoms with Crippen molar-refractivity contribution in [2.45, 2.75) is 19.5 Å². The normalized spacial score (nSPS) is 14.8. The van der Waals surface area contributed by atoms with Crippen LogP contribution in [-0.4, -0.2) is 49.1 Å². The van der Waals surface area contributed by atoms with Gasteiger partial charge in [0.25, 0.3) is 0 Å². The summed E-state index contributed by atoms with van der Waals surface area (Å²) in [5.41, 5.74) is 3.13. The number of nitrogens with one attached hydrogen (secondary N) is 1. The molecule has 1 saturated heterocycles. The molecule has 1 unspecified atom stereocenters. The second-order valence-electron chi connectivity index (χ2n) is 7.59. The fourth-order valence-electron chi connectivity index (χ4n) is 3.73. The van der Waals surface area contributed by atoms with Crippen LogP contribution in [0.4, 0.5) is 5.82 Å². The van der Waals surface area contributed by atoms with Gasteiger partial charge >= 0.3 is 0 Å². The molecule has 0 spiro atoms. The lowest BCUT2D eigenvalue weighted by molar-refractivity contribution is -0.122. The Hall–Kier alpha value is -3.32. The molecule has 1 amide bonds. The van der Waals surface area contributed by atoms with Crippen LogP contribution in [-0.2, 0) is 16.1 Å². The second kappa shape index (κ2) is 9.66. The Morgan fingerprint density at radius 2 is 1.84 bits per heavy atom. The van der Waals surface area contributed by atoms with Crippen LogP contribution in [0.25, 0.3) is 11.1 Å². The first kappa shape index (κ1) is 20.9. The number of morpholine rings is 1. The van der Waals surface area contributed by atoms with Gasteiger partial charge in [-0.15, -0.1) is 0 Å². The summed E-state index contributed by atoms with van der Waals surface area (Å²) in [6.07, 6.45) is 1.96. The first-order valence-electron chi connectivity index (χ1n) is 10.5. The van der Waals surface area contributed by atoms with Crippen LogP contribution >= 0.6 is 0 Å². The highest BCUT2D eigenvalue weighted by Gasteiger charge is 2.21. The average molecular weight is 421 g/mol. The van der Waals surface area contributed by atoms with Gasteiger partial charge in [0.2, 0.25) is 5.91 Å². The van der Waals surface area contributed by atoms with Gasteiger partial charge in [0, 0.05) is 24.8 Å². The molecule has 31 heavy (non-hydrogen) atoms. The molecule has 2 aromatic carbocycles. The van der Waals surface area contributed by atoms with Crippen LogP contribution in [0.15, 0.2) is 60.8 Å². The van der Waals surface area contributed by atoms with Crippen molar-refractivity contribution < 1.29 is 14.3 Å². The van der Waals surface area contributed by atoms with Gasteiger partial charge in [-0.1, -0.05) is 42.5 Å². The monoisotopic (exact) mass is 420 g/mol. The molecule has 1 fully saturated rings.